The molecule has 0 saturated heterocycles. The van der Waals surface area contributed by atoms with Crippen molar-refractivity contribution in [3.05, 3.63) is 34.1 Å². The van der Waals surface area contributed by atoms with Crippen molar-refractivity contribution in [1.29, 1.82) is 0 Å². The van der Waals surface area contributed by atoms with Gasteiger partial charge in [-0.2, -0.15) is 0 Å². The van der Waals surface area contributed by atoms with Crippen molar-refractivity contribution >= 4 is 15.9 Å². The molecular weight excluding hydrogens is 307 g/mol. The molecule has 0 amide bonds. The SMILES string of the molecule is CC(C)CC1(C(O)c2ccc(F)c(Br)c2)CCCC1. The minimum atomic E-state index is -0.491. The first-order chi connectivity index (χ1) is 8.94. The third-order valence-corrected chi connectivity index (χ3v) is 4.86. The molecule has 0 heterocycles. The van der Waals surface area contributed by atoms with Gasteiger partial charge in [0.1, 0.15) is 5.82 Å². The molecule has 3 heteroatoms. The fourth-order valence-corrected chi connectivity index (χ4v) is 3.91. The largest absolute Gasteiger partial charge is 0.388 e. The maximum atomic E-state index is 13.3. The molecule has 1 saturated carbocycles. The Hall–Kier alpha value is -0.410. The predicted molar refractivity (Wildman–Crippen MR) is 79.4 cm³/mol. The fraction of sp³-hybridized carbons (Fsp3) is 0.625. The molecule has 1 aliphatic rings. The highest BCUT2D eigenvalue weighted by atomic mass is 79.9. The molecule has 2 rings (SSSR count). The highest BCUT2D eigenvalue weighted by Crippen LogP contribution is 2.51. The molecule has 1 N–H and O–H groups in total. The summed E-state index contributed by atoms with van der Waals surface area (Å²) in [6, 6.07) is 4.87. The molecule has 1 fully saturated rings. The van der Waals surface area contributed by atoms with Crippen LogP contribution in [-0.4, -0.2) is 5.11 Å². The molecule has 1 aromatic rings. The number of aliphatic hydroxyl groups is 1. The standard InChI is InChI=1S/C16H22BrFO/c1-11(2)10-16(7-3-4-8-16)15(19)12-5-6-14(18)13(17)9-12/h5-6,9,11,15,19H,3-4,7-8,10H2,1-2H3. The van der Waals surface area contributed by atoms with Crippen molar-refractivity contribution in [3.63, 3.8) is 0 Å². The number of aliphatic hydroxyl groups excluding tert-OH is 1. The van der Waals surface area contributed by atoms with E-state index in [1.54, 1.807) is 12.1 Å². The second-order valence-corrected chi connectivity index (χ2v) is 7.10. The van der Waals surface area contributed by atoms with Crippen LogP contribution in [0.2, 0.25) is 0 Å². The van der Waals surface area contributed by atoms with Crippen molar-refractivity contribution < 1.29 is 9.50 Å². The van der Waals surface area contributed by atoms with Gasteiger partial charge in [-0.25, -0.2) is 4.39 Å². The van der Waals surface area contributed by atoms with Gasteiger partial charge in [-0.15, -0.1) is 0 Å². The Bertz CT molecular complexity index is 438. The molecule has 0 spiro atoms. The average molecular weight is 329 g/mol. The number of benzene rings is 1. The maximum absolute atomic E-state index is 13.3. The topological polar surface area (TPSA) is 20.2 Å². The van der Waals surface area contributed by atoms with E-state index in [4.69, 9.17) is 0 Å². The van der Waals surface area contributed by atoms with E-state index >= 15 is 0 Å². The van der Waals surface area contributed by atoms with Crippen LogP contribution in [0.5, 0.6) is 0 Å². The normalized spacial score (nSPS) is 19.9. The zero-order valence-electron chi connectivity index (χ0n) is 11.6. The van der Waals surface area contributed by atoms with Crippen molar-refractivity contribution in [2.45, 2.75) is 52.1 Å². The van der Waals surface area contributed by atoms with Crippen LogP contribution in [0, 0.1) is 17.2 Å². The monoisotopic (exact) mass is 328 g/mol. The highest BCUT2D eigenvalue weighted by Gasteiger charge is 2.41. The van der Waals surface area contributed by atoms with E-state index in [2.05, 4.69) is 29.8 Å². The molecule has 1 atom stereocenters. The summed E-state index contributed by atoms with van der Waals surface area (Å²) < 4.78 is 13.7. The molecular formula is C16H22BrFO. The lowest BCUT2D eigenvalue weighted by molar-refractivity contribution is 0.0111. The quantitative estimate of drug-likeness (QED) is 0.802. The Morgan fingerprint density at radius 3 is 2.47 bits per heavy atom. The van der Waals surface area contributed by atoms with E-state index < -0.39 is 6.10 Å². The second kappa shape index (κ2) is 5.92. The Labute approximate surface area is 123 Å². The van der Waals surface area contributed by atoms with E-state index in [1.165, 1.54) is 18.9 Å². The number of hydrogen-bond donors (Lipinski definition) is 1. The van der Waals surface area contributed by atoms with Gasteiger partial charge in [0.05, 0.1) is 10.6 Å². The third kappa shape index (κ3) is 3.19. The van der Waals surface area contributed by atoms with Gasteiger partial charge < -0.3 is 5.11 Å². The highest BCUT2D eigenvalue weighted by molar-refractivity contribution is 9.10. The van der Waals surface area contributed by atoms with E-state index in [0.717, 1.165) is 24.8 Å². The van der Waals surface area contributed by atoms with Crippen LogP contribution in [0.25, 0.3) is 0 Å². The molecule has 0 radical (unpaired) electrons. The van der Waals surface area contributed by atoms with Gasteiger partial charge >= 0.3 is 0 Å². The van der Waals surface area contributed by atoms with Gasteiger partial charge in [0.15, 0.2) is 0 Å². The van der Waals surface area contributed by atoms with Crippen LogP contribution in [0.4, 0.5) is 4.39 Å². The van der Waals surface area contributed by atoms with Gasteiger partial charge in [-0.05, 0) is 58.8 Å². The van der Waals surface area contributed by atoms with Crippen LogP contribution in [0.3, 0.4) is 0 Å². The summed E-state index contributed by atoms with van der Waals surface area (Å²) in [5.74, 6) is 0.289. The third-order valence-electron chi connectivity index (χ3n) is 4.25. The van der Waals surface area contributed by atoms with Gasteiger partial charge in [0, 0.05) is 5.41 Å². The molecule has 19 heavy (non-hydrogen) atoms. The summed E-state index contributed by atoms with van der Waals surface area (Å²) in [4.78, 5) is 0. The van der Waals surface area contributed by atoms with E-state index in [1.807, 2.05) is 0 Å². The molecule has 0 bridgehead atoms. The Morgan fingerprint density at radius 1 is 1.32 bits per heavy atom. The lowest BCUT2D eigenvalue weighted by atomic mass is 9.72. The zero-order valence-corrected chi connectivity index (χ0v) is 13.2. The van der Waals surface area contributed by atoms with Crippen LogP contribution in [0.15, 0.2) is 22.7 Å². The second-order valence-electron chi connectivity index (χ2n) is 6.24. The number of rotatable bonds is 4. The molecule has 106 valence electrons. The lowest BCUT2D eigenvalue weighted by Crippen LogP contribution is -2.27. The number of halogens is 2. The first-order valence-electron chi connectivity index (χ1n) is 7.08. The molecule has 0 aromatic heterocycles. The van der Waals surface area contributed by atoms with Crippen molar-refractivity contribution in [3.8, 4) is 0 Å². The zero-order chi connectivity index (χ0) is 14.0. The molecule has 1 nitrogen and oxygen atoms in total. The lowest BCUT2D eigenvalue weighted by Gasteiger charge is -2.36. The van der Waals surface area contributed by atoms with Gasteiger partial charge in [-0.3, -0.25) is 0 Å². The summed E-state index contributed by atoms with van der Waals surface area (Å²) >= 11 is 3.21. The summed E-state index contributed by atoms with van der Waals surface area (Å²) in [6.45, 7) is 4.40. The summed E-state index contributed by atoms with van der Waals surface area (Å²) in [6.07, 6.45) is 5.05. The van der Waals surface area contributed by atoms with Crippen LogP contribution >= 0.6 is 15.9 Å². The molecule has 1 aliphatic carbocycles. The first-order valence-corrected chi connectivity index (χ1v) is 7.87. The predicted octanol–water partition coefficient (Wildman–Crippen LogP) is 5.23. The summed E-state index contributed by atoms with van der Waals surface area (Å²) in [5.41, 5.74) is 0.807. The van der Waals surface area contributed by atoms with Crippen LogP contribution in [0.1, 0.15) is 57.6 Å². The maximum Gasteiger partial charge on any atom is 0.137 e. The fourth-order valence-electron chi connectivity index (χ4n) is 3.52. The van der Waals surface area contributed by atoms with Gasteiger partial charge in [0.25, 0.3) is 0 Å². The number of hydrogen-bond acceptors (Lipinski definition) is 1. The van der Waals surface area contributed by atoms with Crippen LogP contribution in [-0.2, 0) is 0 Å². The van der Waals surface area contributed by atoms with E-state index in [0.29, 0.717) is 10.4 Å². The molecule has 1 aromatic carbocycles. The summed E-state index contributed by atoms with van der Waals surface area (Å²) in [7, 11) is 0. The first kappa shape index (κ1) is 15.0. The Balaban J connectivity index is 2.28. The minimum absolute atomic E-state index is 0.0224. The average Bonchev–Trinajstić information content (AvgIpc) is 2.80. The van der Waals surface area contributed by atoms with Crippen molar-refractivity contribution in [1.82, 2.24) is 0 Å². The Morgan fingerprint density at radius 2 is 1.95 bits per heavy atom. The van der Waals surface area contributed by atoms with Gasteiger partial charge in [-0.1, -0.05) is 32.8 Å². The van der Waals surface area contributed by atoms with E-state index in [-0.39, 0.29) is 11.2 Å². The van der Waals surface area contributed by atoms with Gasteiger partial charge in [0.2, 0.25) is 0 Å². The van der Waals surface area contributed by atoms with Crippen molar-refractivity contribution in [2.75, 3.05) is 0 Å². The molecule has 0 aliphatic heterocycles. The summed E-state index contributed by atoms with van der Waals surface area (Å²) in [5, 5.41) is 10.8. The van der Waals surface area contributed by atoms with E-state index in [9.17, 15) is 9.50 Å². The minimum Gasteiger partial charge on any atom is -0.388 e. The Kier molecular flexibility index (Phi) is 4.67. The molecule has 1 unspecified atom stereocenters. The smallest absolute Gasteiger partial charge is 0.137 e. The van der Waals surface area contributed by atoms with Crippen molar-refractivity contribution in [2.24, 2.45) is 11.3 Å². The van der Waals surface area contributed by atoms with Crippen LogP contribution < -0.4 is 0 Å².